The van der Waals surface area contributed by atoms with E-state index in [2.05, 4.69) is 6.92 Å². The first-order chi connectivity index (χ1) is 11.7. The molecule has 0 aliphatic heterocycles. The topological polar surface area (TPSA) is 29.5 Å². The summed E-state index contributed by atoms with van der Waals surface area (Å²) in [4.78, 5) is 0. The van der Waals surface area contributed by atoms with Gasteiger partial charge in [0.2, 0.25) is 0 Å². The van der Waals surface area contributed by atoms with Crippen LogP contribution in [-0.4, -0.2) is 35.9 Å². The molecule has 0 amide bonds. The molecular weight excluding hydrogens is 316 g/mol. The molecule has 146 valence electrons. The SMILES string of the molecule is CCCCCCCCCCCCCCCCSCC(C)(CO)OC. The number of methoxy groups -OCH3 is 1. The van der Waals surface area contributed by atoms with E-state index < -0.39 is 0 Å². The molecule has 0 aromatic rings. The maximum Gasteiger partial charge on any atom is 0.0970 e. The van der Waals surface area contributed by atoms with E-state index in [0.29, 0.717) is 0 Å². The molecule has 3 heteroatoms. The zero-order valence-electron chi connectivity index (χ0n) is 16.8. The second-order valence-corrected chi connectivity index (χ2v) is 8.57. The van der Waals surface area contributed by atoms with Crippen LogP contribution in [0.1, 0.15) is 104 Å². The van der Waals surface area contributed by atoms with E-state index in [4.69, 9.17) is 4.74 Å². The highest BCUT2D eigenvalue weighted by Crippen LogP contribution is 2.18. The van der Waals surface area contributed by atoms with Crippen LogP contribution in [-0.2, 0) is 4.74 Å². The van der Waals surface area contributed by atoms with Crippen LogP contribution in [0.25, 0.3) is 0 Å². The lowest BCUT2D eigenvalue weighted by Crippen LogP contribution is -2.34. The van der Waals surface area contributed by atoms with Gasteiger partial charge >= 0.3 is 0 Å². The average molecular weight is 361 g/mol. The summed E-state index contributed by atoms with van der Waals surface area (Å²) in [6, 6.07) is 0. The van der Waals surface area contributed by atoms with Gasteiger partial charge in [-0.15, -0.1) is 0 Å². The molecule has 0 heterocycles. The molecule has 0 fully saturated rings. The van der Waals surface area contributed by atoms with Crippen molar-refractivity contribution in [2.75, 3.05) is 25.2 Å². The van der Waals surface area contributed by atoms with Crippen LogP contribution in [0.5, 0.6) is 0 Å². The number of hydrogen-bond donors (Lipinski definition) is 1. The van der Waals surface area contributed by atoms with Crippen molar-refractivity contribution in [1.29, 1.82) is 0 Å². The quantitative estimate of drug-likeness (QED) is 0.263. The summed E-state index contributed by atoms with van der Waals surface area (Å²) < 4.78 is 5.34. The minimum Gasteiger partial charge on any atom is -0.393 e. The van der Waals surface area contributed by atoms with Crippen molar-refractivity contribution in [2.45, 2.75) is 109 Å². The summed E-state index contributed by atoms with van der Waals surface area (Å²) in [5, 5.41) is 9.27. The first kappa shape index (κ1) is 24.3. The highest BCUT2D eigenvalue weighted by molar-refractivity contribution is 7.99. The molecule has 0 rings (SSSR count). The lowest BCUT2D eigenvalue weighted by atomic mass is 10.0. The molecule has 0 spiro atoms. The predicted octanol–water partition coefficient (Wildman–Crippen LogP) is 6.60. The zero-order valence-corrected chi connectivity index (χ0v) is 17.6. The predicted molar refractivity (Wildman–Crippen MR) is 110 cm³/mol. The molecule has 1 atom stereocenters. The van der Waals surface area contributed by atoms with Gasteiger partial charge in [-0.25, -0.2) is 0 Å². The minimum absolute atomic E-state index is 0.106. The fourth-order valence-electron chi connectivity index (χ4n) is 2.86. The van der Waals surface area contributed by atoms with Gasteiger partial charge in [-0.1, -0.05) is 90.4 Å². The first-order valence-corrected chi connectivity index (χ1v) is 11.6. The maximum atomic E-state index is 9.27. The Labute approximate surface area is 156 Å². The van der Waals surface area contributed by atoms with Crippen LogP contribution in [0.15, 0.2) is 0 Å². The van der Waals surface area contributed by atoms with Gasteiger partial charge in [-0.05, 0) is 19.1 Å². The highest BCUT2D eigenvalue weighted by atomic mass is 32.2. The van der Waals surface area contributed by atoms with Crippen molar-refractivity contribution >= 4 is 11.8 Å². The Morgan fingerprint density at radius 3 is 1.54 bits per heavy atom. The Morgan fingerprint density at radius 1 is 0.750 bits per heavy atom. The van der Waals surface area contributed by atoms with E-state index in [1.54, 1.807) is 7.11 Å². The molecule has 0 aliphatic rings. The third kappa shape index (κ3) is 15.8. The molecule has 2 nitrogen and oxygen atoms in total. The van der Waals surface area contributed by atoms with Crippen molar-refractivity contribution in [1.82, 2.24) is 0 Å². The lowest BCUT2D eigenvalue weighted by Gasteiger charge is -2.24. The van der Waals surface area contributed by atoms with Gasteiger partial charge in [0.1, 0.15) is 0 Å². The summed E-state index contributed by atoms with van der Waals surface area (Å²) in [6.07, 6.45) is 19.8. The Bertz CT molecular complexity index is 242. The summed E-state index contributed by atoms with van der Waals surface area (Å²) in [7, 11) is 1.68. The van der Waals surface area contributed by atoms with Gasteiger partial charge < -0.3 is 9.84 Å². The van der Waals surface area contributed by atoms with Gasteiger partial charge in [0.25, 0.3) is 0 Å². The molecule has 0 aromatic carbocycles. The summed E-state index contributed by atoms with van der Waals surface area (Å²) in [5.74, 6) is 2.08. The van der Waals surface area contributed by atoms with Crippen LogP contribution >= 0.6 is 11.8 Å². The van der Waals surface area contributed by atoms with Crippen molar-refractivity contribution in [3.05, 3.63) is 0 Å². The second-order valence-electron chi connectivity index (χ2n) is 7.46. The summed E-state index contributed by atoms with van der Waals surface area (Å²) in [5.41, 5.74) is -0.360. The van der Waals surface area contributed by atoms with E-state index in [-0.39, 0.29) is 12.2 Å². The molecule has 0 aromatic heterocycles. The van der Waals surface area contributed by atoms with Gasteiger partial charge in [0, 0.05) is 12.9 Å². The van der Waals surface area contributed by atoms with Crippen molar-refractivity contribution in [3.63, 3.8) is 0 Å². The molecule has 0 saturated heterocycles. The van der Waals surface area contributed by atoms with Gasteiger partial charge in [-0.2, -0.15) is 11.8 Å². The van der Waals surface area contributed by atoms with E-state index >= 15 is 0 Å². The standard InChI is InChI=1S/C21H44O2S/c1-4-5-6-7-8-9-10-11-12-13-14-15-16-17-18-24-20-21(2,19-22)23-3/h22H,4-20H2,1-3H3. The summed E-state index contributed by atoms with van der Waals surface area (Å²) in [6.45, 7) is 4.37. The lowest BCUT2D eigenvalue weighted by molar-refractivity contribution is -0.0187. The van der Waals surface area contributed by atoms with Crippen LogP contribution in [0.3, 0.4) is 0 Å². The van der Waals surface area contributed by atoms with Crippen LogP contribution < -0.4 is 0 Å². The molecular formula is C21H44O2S. The Kier molecular flexibility index (Phi) is 18.3. The van der Waals surface area contributed by atoms with E-state index in [1.807, 2.05) is 18.7 Å². The number of hydrogen-bond acceptors (Lipinski definition) is 3. The fraction of sp³-hybridized carbons (Fsp3) is 1.00. The van der Waals surface area contributed by atoms with Crippen LogP contribution in [0.4, 0.5) is 0 Å². The Morgan fingerprint density at radius 2 is 1.17 bits per heavy atom. The summed E-state index contributed by atoms with van der Waals surface area (Å²) >= 11 is 1.91. The number of aliphatic hydroxyl groups is 1. The molecule has 1 unspecified atom stereocenters. The Hall–Kier alpha value is 0.270. The second kappa shape index (κ2) is 18.1. The maximum absolute atomic E-state index is 9.27. The van der Waals surface area contributed by atoms with Crippen molar-refractivity contribution in [2.24, 2.45) is 0 Å². The molecule has 0 radical (unpaired) electrons. The molecule has 0 saturated carbocycles. The fourth-order valence-corrected chi connectivity index (χ4v) is 4.05. The monoisotopic (exact) mass is 360 g/mol. The average Bonchev–Trinajstić information content (AvgIpc) is 2.61. The number of thioether (sulfide) groups is 1. The third-order valence-corrected chi connectivity index (χ3v) is 6.27. The molecule has 1 N–H and O–H groups in total. The smallest absolute Gasteiger partial charge is 0.0970 e. The van der Waals surface area contributed by atoms with Crippen LogP contribution in [0.2, 0.25) is 0 Å². The number of ether oxygens (including phenoxy) is 1. The number of unbranched alkanes of at least 4 members (excludes halogenated alkanes) is 13. The van der Waals surface area contributed by atoms with Gasteiger partial charge in [-0.3, -0.25) is 0 Å². The Balaban J connectivity index is 3.13. The largest absolute Gasteiger partial charge is 0.393 e. The van der Waals surface area contributed by atoms with E-state index in [9.17, 15) is 5.11 Å². The van der Waals surface area contributed by atoms with E-state index in [0.717, 1.165) is 5.75 Å². The van der Waals surface area contributed by atoms with Gasteiger partial charge in [0.05, 0.1) is 12.2 Å². The van der Waals surface area contributed by atoms with E-state index in [1.165, 1.54) is 95.6 Å². The number of rotatable bonds is 19. The molecule has 24 heavy (non-hydrogen) atoms. The normalized spacial score (nSPS) is 14.0. The number of aliphatic hydroxyl groups excluding tert-OH is 1. The highest BCUT2D eigenvalue weighted by Gasteiger charge is 2.21. The van der Waals surface area contributed by atoms with Gasteiger partial charge in [0.15, 0.2) is 0 Å². The molecule has 0 bridgehead atoms. The first-order valence-electron chi connectivity index (χ1n) is 10.4. The molecule has 0 aliphatic carbocycles. The van der Waals surface area contributed by atoms with Crippen molar-refractivity contribution < 1.29 is 9.84 Å². The minimum atomic E-state index is -0.360. The third-order valence-electron chi connectivity index (χ3n) is 4.88. The zero-order chi connectivity index (χ0) is 17.9. The van der Waals surface area contributed by atoms with Crippen LogP contribution in [0, 0.1) is 0 Å². The van der Waals surface area contributed by atoms with Crippen molar-refractivity contribution in [3.8, 4) is 0 Å².